The van der Waals surface area contributed by atoms with Gasteiger partial charge in [0.15, 0.2) is 6.10 Å². The molecule has 0 radical (unpaired) electrons. The molecule has 1 heterocycles. The number of carbonyl (C=O) groups is 1. The van der Waals surface area contributed by atoms with Crippen LogP contribution in [0, 0.1) is 0 Å². The molecule has 1 atom stereocenters. The normalized spacial score (nSPS) is 12.8. The van der Waals surface area contributed by atoms with E-state index in [9.17, 15) is 4.79 Å². The van der Waals surface area contributed by atoms with Gasteiger partial charge in [0.05, 0.1) is 3.79 Å². The van der Waals surface area contributed by atoms with E-state index in [2.05, 4.69) is 15.9 Å². The molecule has 3 nitrogen and oxygen atoms in total. The van der Waals surface area contributed by atoms with Crippen molar-refractivity contribution < 1.29 is 14.6 Å². The maximum Gasteiger partial charge on any atom is 0.338 e. The Morgan fingerprint density at radius 2 is 2.46 bits per heavy atom. The molecule has 1 rings (SSSR count). The van der Waals surface area contributed by atoms with E-state index in [0.29, 0.717) is 11.5 Å². The summed E-state index contributed by atoms with van der Waals surface area (Å²) in [5.41, 5.74) is 0. The average molecular weight is 265 g/mol. The van der Waals surface area contributed by atoms with Gasteiger partial charge in [0.2, 0.25) is 0 Å². The third kappa shape index (κ3) is 2.79. The molecule has 0 aromatic carbocycles. The third-order valence-electron chi connectivity index (χ3n) is 1.41. The molecule has 1 aromatic heterocycles. The average Bonchev–Trinajstić information content (AvgIpc) is 2.46. The van der Waals surface area contributed by atoms with Crippen LogP contribution in [0.2, 0.25) is 0 Å². The second-order valence-electron chi connectivity index (χ2n) is 2.32. The van der Waals surface area contributed by atoms with E-state index in [1.54, 1.807) is 13.0 Å². The highest BCUT2D eigenvalue weighted by Crippen LogP contribution is 2.29. The number of hydrogen-bond donors (Lipinski definition) is 1. The van der Waals surface area contributed by atoms with E-state index in [-0.39, 0.29) is 0 Å². The summed E-state index contributed by atoms with van der Waals surface area (Å²) < 4.78 is 6.00. The Bertz CT molecular complexity index is 297. The molecule has 72 valence electrons. The molecule has 0 spiro atoms. The van der Waals surface area contributed by atoms with Crippen LogP contribution in [0.5, 0.6) is 0 Å². The largest absolute Gasteiger partial charge is 0.479 e. The lowest BCUT2D eigenvalue weighted by Gasteiger charge is -2.09. The molecule has 0 bridgehead atoms. The first kappa shape index (κ1) is 10.7. The summed E-state index contributed by atoms with van der Waals surface area (Å²) >= 11 is 4.65. The van der Waals surface area contributed by atoms with Crippen LogP contribution in [-0.2, 0) is 9.53 Å². The number of carboxylic acid groups (broad SMARTS) is 1. The summed E-state index contributed by atoms with van der Waals surface area (Å²) in [6.45, 7) is 2.17. The maximum atomic E-state index is 10.8. The number of carboxylic acids is 1. The zero-order valence-corrected chi connectivity index (χ0v) is 9.39. The number of aliphatic carboxylic acids is 1. The van der Waals surface area contributed by atoms with Gasteiger partial charge in [-0.05, 0) is 35.0 Å². The molecule has 0 fully saturated rings. The van der Waals surface area contributed by atoms with Crippen LogP contribution in [-0.4, -0.2) is 17.7 Å². The number of rotatable bonds is 4. The van der Waals surface area contributed by atoms with Crippen LogP contribution in [0.4, 0.5) is 0 Å². The van der Waals surface area contributed by atoms with Crippen molar-refractivity contribution in [2.24, 2.45) is 0 Å². The van der Waals surface area contributed by atoms with Gasteiger partial charge in [-0.1, -0.05) is 0 Å². The first-order chi connectivity index (χ1) is 6.15. The number of hydrogen-bond acceptors (Lipinski definition) is 3. The molecule has 0 aliphatic heterocycles. The van der Waals surface area contributed by atoms with Gasteiger partial charge < -0.3 is 9.84 Å². The monoisotopic (exact) mass is 264 g/mol. The van der Waals surface area contributed by atoms with Crippen molar-refractivity contribution in [2.45, 2.75) is 13.0 Å². The molecule has 13 heavy (non-hydrogen) atoms. The summed E-state index contributed by atoms with van der Waals surface area (Å²) in [6, 6.07) is 3.57. The lowest BCUT2D eigenvalue weighted by atomic mass is 10.3. The fourth-order valence-corrected chi connectivity index (χ4v) is 2.38. The van der Waals surface area contributed by atoms with Gasteiger partial charge >= 0.3 is 5.97 Å². The fourth-order valence-electron chi connectivity index (χ4n) is 0.911. The van der Waals surface area contributed by atoms with Crippen LogP contribution >= 0.6 is 27.3 Å². The van der Waals surface area contributed by atoms with Crippen molar-refractivity contribution in [2.75, 3.05) is 6.61 Å². The molecular formula is C8H9BrO3S. The summed E-state index contributed by atoms with van der Waals surface area (Å²) in [5.74, 6) is -0.948. The smallest absolute Gasteiger partial charge is 0.338 e. The van der Waals surface area contributed by atoms with E-state index in [0.717, 1.165) is 3.79 Å². The van der Waals surface area contributed by atoms with Gasteiger partial charge in [-0.3, -0.25) is 0 Å². The number of ether oxygens (including phenoxy) is 1. The Balaban J connectivity index is 2.81. The van der Waals surface area contributed by atoms with Gasteiger partial charge in [0.1, 0.15) is 0 Å². The molecule has 1 unspecified atom stereocenters. The van der Waals surface area contributed by atoms with Gasteiger partial charge in [-0.2, -0.15) is 0 Å². The first-order valence-electron chi connectivity index (χ1n) is 3.74. The van der Waals surface area contributed by atoms with Crippen molar-refractivity contribution in [1.29, 1.82) is 0 Å². The Labute approximate surface area is 88.5 Å². The van der Waals surface area contributed by atoms with Crippen LogP contribution < -0.4 is 0 Å². The Kier molecular flexibility index (Phi) is 3.90. The molecule has 0 saturated heterocycles. The minimum absolute atomic E-state index is 0.395. The fraction of sp³-hybridized carbons (Fsp3) is 0.375. The molecule has 0 aliphatic carbocycles. The summed E-state index contributed by atoms with van der Waals surface area (Å²) in [5, 5.41) is 8.83. The molecule has 1 aromatic rings. The van der Waals surface area contributed by atoms with Gasteiger partial charge in [-0.15, -0.1) is 11.3 Å². The molecule has 1 N–H and O–H groups in total. The minimum Gasteiger partial charge on any atom is -0.479 e. The predicted octanol–water partition coefficient (Wildman–Crippen LogP) is 2.67. The van der Waals surface area contributed by atoms with E-state index in [4.69, 9.17) is 9.84 Å². The molecule has 5 heteroatoms. The first-order valence-corrected chi connectivity index (χ1v) is 5.35. The Morgan fingerprint density at radius 3 is 2.85 bits per heavy atom. The summed E-state index contributed by atoms with van der Waals surface area (Å²) in [4.78, 5) is 11.5. The van der Waals surface area contributed by atoms with E-state index < -0.39 is 12.1 Å². The molecule has 0 aliphatic rings. The van der Waals surface area contributed by atoms with Crippen LogP contribution in [0.15, 0.2) is 15.9 Å². The lowest BCUT2D eigenvalue weighted by Crippen LogP contribution is -2.13. The zero-order valence-electron chi connectivity index (χ0n) is 6.99. The van der Waals surface area contributed by atoms with Crippen molar-refractivity contribution in [3.63, 3.8) is 0 Å². The minimum atomic E-state index is -0.948. The number of thiophene rings is 1. The summed E-state index contributed by atoms with van der Waals surface area (Å²) in [7, 11) is 0. The van der Waals surface area contributed by atoms with Gasteiger partial charge in [0, 0.05) is 11.5 Å². The third-order valence-corrected chi connectivity index (χ3v) is 3.08. The SMILES string of the molecule is CCOC(C(=O)O)c1ccc(Br)s1. The van der Waals surface area contributed by atoms with E-state index in [1.807, 2.05) is 6.07 Å². The van der Waals surface area contributed by atoms with E-state index >= 15 is 0 Å². The zero-order chi connectivity index (χ0) is 9.84. The van der Waals surface area contributed by atoms with Crippen molar-refractivity contribution in [1.82, 2.24) is 0 Å². The van der Waals surface area contributed by atoms with E-state index in [1.165, 1.54) is 11.3 Å². The quantitative estimate of drug-likeness (QED) is 0.910. The highest BCUT2D eigenvalue weighted by atomic mass is 79.9. The lowest BCUT2D eigenvalue weighted by molar-refractivity contribution is -0.150. The molecule has 0 amide bonds. The molecular weight excluding hydrogens is 256 g/mol. The second kappa shape index (κ2) is 4.74. The van der Waals surface area contributed by atoms with Crippen LogP contribution in [0.1, 0.15) is 17.9 Å². The highest BCUT2D eigenvalue weighted by molar-refractivity contribution is 9.11. The summed E-state index contributed by atoms with van der Waals surface area (Å²) in [6.07, 6.45) is -0.832. The van der Waals surface area contributed by atoms with Crippen LogP contribution in [0.3, 0.4) is 0 Å². The van der Waals surface area contributed by atoms with Crippen LogP contribution in [0.25, 0.3) is 0 Å². The topological polar surface area (TPSA) is 46.5 Å². The Hall–Kier alpha value is -0.390. The van der Waals surface area contributed by atoms with Crippen molar-refractivity contribution in [3.8, 4) is 0 Å². The van der Waals surface area contributed by atoms with Gasteiger partial charge in [0.25, 0.3) is 0 Å². The Morgan fingerprint density at radius 1 is 1.77 bits per heavy atom. The van der Waals surface area contributed by atoms with Crippen molar-refractivity contribution >= 4 is 33.2 Å². The standard InChI is InChI=1S/C8H9BrO3S/c1-2-12-7(8(10)11)5-3-4-6(9)13-5/h3-4,7H,2H2,1H3,(H,10,11). The highest BCUT2D eigenvalue weighted by Gasteiger charge is 2.21. The second-order valence-corrected chi connectivity index (χ2v) is 4.81. The maximum absolute atomic E-state index is 10.8. The molecule has 0 saturated carbocycles. The van der Waals surface area contributed by atoms with Gasteiger partial charge in [-0.25, -0.2) is 4.79 Å². The van der Waals surface area contributed by atoms with Crippen molar-refractivity contribution in [3.05, 3.63) is 20.8 Å². The predicted molar refractivity (Wildman–Crippen MR) is 54.0 cm³/mol. The number of halogens is 1.